The molecule has 1 N–H and O–H groups in total. The van der Waals surface area contributed by atoms with Gasteiger partial charge < -0.3 is 43.2 Å². The molecule has 1 aliphatic heterocycles. The highest BCUT2D eigenvalue weighted by molar-refractivity contribution is 5.94. The summed E-state index contributed by atoms with van der Waals surface area (Å²) in [7, 11) is 1.65. The van der Waals surface area contributed by atoms with E-state index in [0.717, 1.165) is 30.8 Å². The van der Waals surface area contributed by atoms with Crippen molar-refractivity contribution in [1.82, 2.24) is 14.7 Å². The molecule has 0 unspecified atom stereocenters. The molecule has 3 rings (SSSR count). The predicted octanol–water partition coefficient (Wildman–Crippen LogP) is 4.10. The lowest BCUT2D eigenvalue weighted by molar-refractivity contribution is -0.0231. The fraction of sp³-hybridized carbons (Fsp3) is 0.667. The van der Waals surface area contributed by atoms with Crippen LogP contribution < -0.4 is 0 Å². The van der Waals surface area contributed by atoms with E-state index in [4.69, 9.17) is 33.2 Å². The topological polar surface area (TPSA) is 112 Å². The van der Waals surface area contributed by atoms with E-state index in [0.29, 0.717) is 111 Å². The molecule has 1 heterocycles. The van der Waals surface area contributed by atoms with Gasteiger partial charge in [-0.3, -0.25) is 14.6 Å². The number of carbonyl (C=O) groups excluding carboxylic acids is 1. The van der Waals surface area contributed by atoms with Gasteiger partial charge in [0.2, 0.25) is 0 Å². The highest BCUT2D eigenvalue weighted by Crippen LogP contribution is 2.34. The molecule has 51 heavy (non-hydrogen) atoms. The maximum Gasteiger partial charge on any atom is 0.253 e. The molecule has 0 aliphatic carbocycles. The average molecular weight is 718 g/mol. The molecule has 0 radical (unpaired) electrons. The van der Waals surface area contributed by atoms with Crippen LogP contribution in [-0.2, 0) is 33.2 Å². The summed E-state index contributed by atoms with van der Waals surface area (Å²) in [6, 6.07) is 16.0. The van der Waals surface area contributed by atoms with E-state index in [9.17, 15) is 9.90 Å². The summed E-state index contributed by atoms with van der Waals surface area (Å²) in [6.45, 7) is 19.6. The molecule has 3 atom stereocenters. The number of amides is 1. The first-order valence-electron chi connectivity index (χ1n) is 18.5. The molecule has 2 aromatic carbocycles. The average Bonchev–Trinajstić information content (AvgIpc) is 3.13. The number of methoxy groups -OCH3 is 1. The van der Waals surface area contributed by atoms with Crippen LogP contribution in [0, 0.1) is 0 Å². The minimum absolute atomic E-state index is 0.0472. The Morgan fingerprint density at radius 1 is 0.706 bits per heavy atom. The van der Waals surface area contributed by atoms with Crippen LogP contribution in [0.4, 0.5) is 0 Å². The first-order chi connectivity index (χ1) is 24.9. The van der Waals surface area contributed by atoms with Gasteiger partial charge in [-0.25, -0.2) is 0 Å². The Labute approximate surface area is 305 Å². The van der Waals surface area contributed by atoms with Crippen LogP contribution in [0.15, 0.2) is 48.5 Å². The molecule has 288 valence electrons. The molecular formula is C39H63N3O9. The number of hydrogen-bond acceptors (Lipinski definition) is 11. The third-order valence-electron chi connectivity index (χ3n) is 9.02. The first-order valence-corrected chi connectivity index (χ1v) is 18.5. The molecule has 0 spiro atoms. The number of phenols is 1. The lowest BCUT2D eigenvalue weighted by atomic mass is 9.92. The third-order valence-corrected chi connectivity index (χ3v) is 9.02. The number of rotatable bonds is 27. The van der Waals surface area contributed by atoms with Crippen LogP contribution >= 0.6 is 0 Å². The molecule has 0 bridgehead atoms. The number of phenolic OH excluding ortho intramolecular Hbond substituents is 1. The fourth-order valence-corrected chi connectivity index (χ4v) is 6.19. The first kappa shape index (κ1) is 42.8. The smallest absolute Gasteiger partial charge is 0.253 e. The summed E-state index contributed by atoms with van der Waals surface area (Å²) in [5, 5.41) is 10.4. The van der Waals surface area contributed by atoms with Crippen LogP contribution in [0.3, 0.4) is 0 Å². The summed E-state index contributed by atoms with van der Waals surface area (Å²) < 4.78 is 38.3. The maximum absolute atomic E-state index is 13.0. The number of hydrogen-bond donors (Lipinski definition) is 1. The van der Waals surface area contributed by atoms with Gasteiger partial charge in [0.1, 0.15) is 5.75 Å². The van der Waals surface area contributed by atoms with Crippen molar-refractivity contribution in [2.24, 2.45) is 0 Å². The Morgan fingerprint density at radius 3 is 1.71 bits per heavy atom. The lowest BCUT2D eigenvalue weighted by Gasteiger charge is -2.47. The Hall–Kier alpha value is -2.65. The van der Waals surface area contributed by atoms with Gasteiger partial charge in [-0.1, -0.05) is 24.3 Å². The van der Waals surface area contributed by atoms with Crippen molar-refractivity contribution in [1.29, 1.82) is 0 Å². The molecule has 1 fully saturated rings. The van der Waals surface area contributed by atoms with Crippen molar-refractivity contribution in [2.75, 3.05) is 126 Å². The fourth-order valence-electron chi connectivity index (χ4n) is 6.19. The highest BCUT2D eigenvalue weighted by Gasteiger charge is 2.35. The predicted molar refractivity (Wildman–Crippen MR) is 198 cm³/mol. The van der Waals surface area contributed by atoms with E-state index in [1.165, 1.54) is 0 Å². The summed E-state index contributed by atoms with van der Waals surface area (Å²) >= 11 is 0. The minimum Gasteiger partial charge on any atom is -0.508 e. The van der Waals surface area contributed by atoms with Crippen LogP contribution in [-0.4, -0.2) is 164 Å². The summed E-state index contributed by atoms with van der Waals surface area (Å²) in [4.78, 5) is 19.8. The normalized spacial score (nSPS) is 17.5. The van der Waals surface area contributed by atoms with Crippen LogP contribution in [0.2, 0.25) is 0 Å². The van der Waals surface area contributed by atoms with E-state index in [2.05, 4.69) is 41.8 Å². The Balaban J connectivity index is 1.33. The summed E-state index contributed by atoms with van der Waals surface area (Å²) in [5.74, 6) is 0.295. The second-order valence-corrected chi connectivity index (χ2v) is 12.7. The van der Waals surface area contributed by atoms with Crippen molar-refractivity contribution >= 4 is 5.91 Å². The molecule has 1 aliphatic rings. The van der Waals surface area contributed by atoms with Crippen molar-refractivity contribution < 1.29 is 43.1 Å². The van der Waals surface area contributed by atoms with Crippen molar-refractivity contribution in [3.63, 3.8) is 0 Å². The van der Waals surface area contributed by atoms with Gasteiger partial charge in [0.25, 0.3) is 5.91 Å². The van der Waals surface area contributed by atoms with Crippen molar-refractivity contribution in [3.05, 3.63) is 65.2 Å². The number of piperazine rings is 1. The second-order valence-electron chi connectivity index (χ2n) is 12.7. The zero-order valence-electron chi connectivity index (χ0n) is 31.6. The van der Waals surface area contributed by atoms with E-state index in [-0.39, 0.29) is 23.7 Å². The standard InChI is InChI=1S/C39H63N3O9/c1-6-40(7-2)39(44)35-13-11-34(12-14-35)38(36-9-8-10-37(43)29-36)42-31-32(3)41(30-33(42)4)15-16-46-19-20-48-23-24-50-27-28-51-26-25-49-22-21-47-18-17-45-5/h8-14,29,32-33,38,43H,6-7,15-28,30-31H2,1-5H3/t32-,33+,38-/m1/s1. The molecule has 2 aromatic rings. The number of nitrogens with zero attached hydrogens (tertiary/aromatic N) is 3. The summed E-state index contributed by atoms with van der Waals surface area (Å²) in [6.07, 6.45) is 0. The van der Waals surface area contributed by atoms with E-state index in [1.54, 1.807) is 13.2 Å². The SMILES string of the molecule is CCN(CC)C(=O)c1ccc([C@H](c2cccc(O)c2)N2C[C@@H](C)N(CCOCCOCCOCCOCCOCCOCCOC)C[C@@H]2C)cc1. The van der Waals surface area contributed by atoms with Crippen LogP contribution in [0.25, 0.3) is 0 Å². The molecule has 12 nitrogen and oxygen atoms in total. The van der Waals surface area contributed by atoms with Gasteiger partial charge in [-0.2, -0.15) is 0 Å². The molecule has 0 aromatic heterocycles. The van der Waals surface area contributed by atoms with Gasteiger partial charge in [-0.05, 0) is 63.1 Å². The second kappa shape index (κ2) is 25.3. The minimum atomic E-state index is -0.0544. The molecule has 12 heteroatoms. The molecule has 0 saturated carbocycles. The van der Waals surface area contributed by atoms with Crippen molar-refractivity contribution in [2.45, 2.75) is 45.8 Å². The number of aromatic hydroxyl groups is 1. The van der Waals surface area contributed by atoms with Crippen LogP contribution in [0.1, 0.15) is 55.2 Å². The lowest BCUT2D eigenvalue weighted by Crippen LogP contribution is -2.57. The quantitative estimate of drug-likeness (QED) is 0.135. The van der Waals surface area contributed by atoms with E-state index < -0.39 is 0 Å². The third kappa shape index (κ3) is 15.5. The van der Waals surface area contributed by atoms with Crippen molar-refractivity contribution in [3.8, 4) is 5.75 Å². The molecule has 1 saturated heterocycles. The molecular weight excluding hydrogens is 654 g/mol. The number of benzene rings is 2. The van der Waals surface area contributed by atoms with Gasteiger partial charge in [0.05, 0.1) is 91.9 Å². The number of carbonyl (C=O) groups is 1. The monoisotopic (exact) mass is 717 g/mol. The van der Waals surface area contributed by atoms with E-state index in [1.807, 2.05) is 43.0 Å². The van der Waals surface area contributed by atoms with Gasteiger partial charge in [0.15, 0.2) is 0 Å². The summed E-state index contributed by atoms with van der Waals surface area (Å²) in [5.41, 5.74) is 2.83. The number of ether oxygens (including phenoxy) is 7. The Bertz CT molecular complexity index is 1200. The highest BCUT2D eigenvalue weighted by atomic mass is 16.6. The van der Waals surface area contributed by atoms with Gasteiger partial charge in [0, 0.05) is 57.5 Å². The zero-order valence-corrected chi connectivity index (χ0v) is 31.6. The van der Waals surface area contributed by atoms with E-state index >= 15 is 0 Å². The largest absolute Gasteiger partial charge is 0.508 e. The Kier molecular flexibility index (Phi) is 21.3. The van der Waals surface area contributed by atoms with Gasteiger partial charge >= 0.3 is 0 Å². The maximum atomic E-state index is 13.0. The molecule has 1 amide bonds. The van der Waals surface area contributed by atoms with Gasteiger partial charge in [-0.15, -0.1) is 0 Å². The van der Waals surface area contributed by atoms with Crippen LogP contribution in [0.5, 0.6) is 5.75 Å². The Morgan fingerprint density at radius 2 is 1.22 bits per heavy atom. The zero-order chi connectivity index (χ0) is 36.7.